The van der Waals surface area contributed by atoms with Crippen molar-refractivity contribution in [2.45, 2.75) is 32.7 Å². The van der Waals surface area contributed by atoms with E-state index >= 15 is 0 Å². The second-order valence-corrected chi connectivity index (χ2v) is 4.47. The maximum absolute atomic E-state index is 12.4. The van der Waals surface area contributed by atoms with Gasteiger partial charge < -0.3 is 9.88 Å². The van der Waals surface area contributed by atoms with E-state index in [1.165, 1.54) is 12.1 Å². The zero-order chi connectivity index (χ0) is 14.6. The van der Waals surface area contributed by atoms with E-state index in [1.807, 2.05) is 11.5 Å². The van der Waals surface area contributed by atoms with Crippen molar-refractivity contribution in [2.75, 3.05) is 0 Å². The Hall–Kier alpha value is -1.82. The summed E-state index contributed by atoms with van der Waals surface area (Å²) in [5.74, 6) is 0. The standard InChI is InChI=1S/C14H16F3N3/c1-2-20-10-19-9-13(20)8-18-7-11-3-5-12(6-4-11)14(15,16)17/h3-6,9-10,18H,2,7-8H2,1H3. The number of alkyl halides is 3. The van der Waals surface area contributed by atoms with Gasteiger partial charge in [-0.3, -0.25) is 0 Å². The quantitative estimate of drug-likeness (QED) is 0.913. The van der Waals surface area contributed by atoms with Crippen molar-refractivity contribution >= 4 is 0 Å². The number of rotatable bonds is 5. The largest absolute Gasteiger partial charge is 0.416 e. The number of nitrogens with zero attached hydrogens (tertiary/aromatic N) is 2. The summed E-state index contributed by atoms with van der Waals surface area (Å²) in [7, 11) is 0. The smallest absolute Gasteiger partial charge is 0.334 e. The molecule has 0 aliphatic rings. The summed E-state index contributed by atoms with van der Waals surface area (Å²) in [6, 6.07) is 5.19. The molecule has 0 unspecified atom stereocenters. The minimum absolute atomic E-state index is 0.521. The van der Waals surface area contributed by atoms with Crippen LogP contribution in [0.1, 0.15) is 23.7 Å². The zero-order valence-electron chi connectivity index (χ0n) is 11.1. The Morgan fingerprint density at radius 3 is 2.45 bits per heavy atom. The van der Waals surface area contributed by atoms with Crippen LogP contribution in [0.3, 0.4) is 0 Å². The summed E-state index contributed by atoms with van der Waals surface area (Å²) in [6.07, 6.45) is -0.738. The fourth-order valence-corrected chi connectivity index (χ4v) is 1.93. The summed E-state index contributed by atoms with van der Waals surface area (Å²) in [6.45, 7) is 4.03. The van der Waals surface area contributed by atoms with Gasteiger partial charge >= 0.3 is 6.18 Å². The molecule has 1 aromatic carbocycles. The van der Waals surface area contributed by atoms with Gasteiger partial charge in [0, 0.05) is 25.8 Å². The molecule has 1 aromatic heterocycles. The van der Waals surface area contributed by atoms with Crippen LogP contribution in [0.15, 0.2) is 36.8 Å². The number of hydrogen-bond acceptors (Lipinski definition) is 2. The lowest BCUT2D eigenvalue weighted by Gasteiger charge is -2.09. The van der Waals surface area contributed by atoms with Crippen LogP contribution in [-0.4, -0.2) is 9.55 Å². The molecule has 0 saturated heterocycles. The van der Waals surface area contributed by atoms with Crippen LogP contribution < -0.4 is 5.32 Å². The van der Waals surface area contributed by atoms with E-state index < -0.39 is 11.7 Å². The van der Waals surface area contributed by atoms with Gasteiger partial charge in [-0.05, 0) is 24.6 Å². The number of halogens is 3. The summed E-state index contributed by atoms with van der Waals surface area (Å²) in [5.41, 5.74) is 1.25. The summed E-state index contributed by atoms with van der Waals surface area (Å²) in [5, 5.41) is 3.19. The first-order valence-corrected chi connectivity index (χ1v) is 6.36. The summed E-state index contributed by atoms with van der Waals surface area (Å²) in [4.78, 5) is 4.06. The topological polar surface area (TPSA) is 29.9 Å². The van der Waals surface area contributed by atoms with Crippen molar-refractivity contribution in [3.63, 3.8) is 0 Å². The predicted octanol–water partition coefficient (Wildman–Crippen LogP) is 3.21. The molecule has 3 nitrogen and oxygen atoms in total. The van der Waals surface area contributed by atoms with Gasteiger partial charge in [-0.1, -0.05) is 12.1 Å². The minimum Gasteiger partial charge on any atom is -0.334 e. The molecule has 0 spiro atoms. The molecule has 1 N–H and O–H groups in total. The van der Waals surface area contributed by atoms with Crippen molar-refractivity contribution in [3.05, 3.63) is 53.6 Å². The molecule has 0 aliphatic heterocycles. The highest BCUT2D eigenvalue weighted by Gasteiger charge is 2.29. The highest BCUT2D eigenvalue weighted by Crippen LogP contribution is 2.29. The lowest BCUT2D eigenvalue weighted by atomic mass is 10.1. The third-order valence-corrected chi connectivity index (χ3v) is 3.06. The van der Waals surface area contributed by atoms with Crippen molar-refractivity contribution in [1.29, 1.82) is 0 Å². The Morgan fingerprint density at radius 2 is 1.85 bits per heavy atom. The van der Waals surface area contributed by atoms with Crippen LogP contribution in [-0.2, 0) is 25.8 Å². The molecule has 6 heteroatoms. The van der Waals surface area contributed by atoms with E-state index in [2.05, 4.69) is 10.3 Å². The van der Waals surface area contributed by atoms with Crippen LogP contribution >= 0.6 is 0 Å². The van der Waals surface area contributed by atoms with Crippen molar-refractivity contribution in [2.24, 2.45) is 0 Å². The van der Waals surface area contributed by atoms with Crippen molar-refractivity contribution in [1.82, 2.24) is 14.9 Å². The molecular weight excluding hydrogens is 267 g/mol. The molecule has 1 heterocycles. The first-order valence-electron chi connectivity index (χ1n) is 6.36. The lowest BCUT2D eigenvalue weighted by Crippen LogP contribution is -2.15. The maximum Gasteiger partial charge on any atom is 0.416 e. The van der Waals surface area contributed by atoms with Crippen LogP contribution in [0, 0.1) is 0 Å². The van der Waals surface area contributed by atoms with Gasteiger partial charge in [0.1, 0.15) is 0 Å². The molecule has 20 heavy (non-hydrogen) atoms. The molecule has 0 aliphatic carbocycles. The van der Waals surface area contributed by atoms with Crippen LogP contribution in [0.4, 0.5) is 13.2 Å². The number of aromatic nitrogens is 2. The highest BCUT2D eigenvalue weighted by atomic mass is 19.4. The first kappa shape index (κ1) is 14.6. The Labute approximate surface area is 115 Å². The second-order valence-electron chi connectivity index (χ2n) is 4.47. The second kappa shape index (κ2) is 6.09. The molecule has 0 fully saturated rings. The molecule has 2 rings (SSSR count). The third-order valence-electron chi connectivity index (χ3n) is 3.06. The maximum atomic E-state index is 12.4. The van der Waals surface area contributed by atoms with E-state index in [1.54, 1.807) is 12.5 Å². The van der Waals surface area contributed by atoms with Gasteiger partial charge in [0.05, 0.1) is 17.6 Å². The molecule has 0 saturated carbocycles. The third kappa shape index (κ3) is 3.60. The van der Waals surface area contributed by atoms with E-state index in [0.717, 1.165) is 29.9 Å². The van der Waals surface area contributed by atoms with Crippen LogP contribution in [0.5, 0.6) is 0 Å². The lowest BCUT2D eigenvalue weighted by molar-refractivity contribution is -0.137. The Morgan fingerprint density at radius 1 is 1.15 bits per heavy atom. The average Bonchev–Trinajstić information content (AvgIpc) is 2.86. The molecule has 0 bridgehead atoms. The monoisotopic (exact) mass is 283 g/mol. The number of hydrogen-bond donors (Lipinski definition) is 1. The van der Waals surface area contributed by atoms with Crippen molar-refractivity contribution in [3.8, 4) is 0 Å². The van der Waals surface area contributed by atoms with Gasteiger partial charge in [-0.15, -0.1) is 0 Å². The first-order chi connectivity index (χ1) is 9.50. The predicted molar refractivity (Wildman–Crippen MR) is 69.9 cm³/mol. The zero-order valence-corrected chi connectivity index (χ0v) is 11.1. The molecular formula is C14H16F3N3. The van der Waals surface area contributed by atoms with E-state index in [-0.39, 0.29) is 0 Å². The van der Waals surface area contributed by atoms with E-state index in [4.69, 9.17) is 0 Å². The molecule has 0 atom stereocenters. The SMILES string of the molecule is CCn1cncc1CNCc1ccc(C(F)(F)F)cc1. The summed E-state index contributed by atoms with van der Waals surface area (Å²) >= 11 is 0. The van der Waals surface area contributed by atoms with E-state index in [9.17, 15) is 13.2 Å². The van der Waals surface area contributed by atoms with E-state index in [0.29, 0.717) is 13.1 Å². The van der Waals surface area contributed by atoms with Crippen molar-refractivity contribution < 1.29 is 13.2 Å². The minimum atomic E-state index is -4.28. The van der Waals surface area contributed by atoms with Crippen LogP contribution in [0.2, 0.25) is 0 Å². The molecule has 108 valence electrons. The van der Waals surface area contributed by atoms with Gasteiger partial charge in [0.25, 0.3) is 0 Å². The number of nitrogens with one attached hydrogen (secondary N) is 1. The van der Waals surface area contributed by atoms with Gasteiger partial charge in [-0.25, -0.2) is 4.98 Å². The Balaban J connectivity index is 1.88. The molecule has 0 radical (unpaired) electrons. The average molecular weight is 283 g/mol. The van der Waals surface area contributed by atoms with Gasteiger partial charge in [-0.2, -0.15) is 13.2 Å². The number of aryl methyl sites for hydroxylation is 1. The Kier molecular flexibility index (Phi) is 4.44. The Bertz CT molecular complexity index is 544. The number of benzene rings is 1. The van der Waals surface area contributed by atoms with Crippen LogP contribution in [0.25, 0.3) is 0 Å². The molecule has 0 amide bonds. The fourth-order valence-electron chi connectivity index (χ4n) is 1.93. The normalized spacial score (nSPS) is 11.8. The molecule has 2 aromatic rings. The fraction of sp³-hybridized carbons (Fsp3) is 0.357. The van der Waals surface area contributed by atoms with Gasteiger partial charge in [0.15, 0.2) is 0 Å². The highest BCUT2D eigenvalue weighted by molar-refractivity contribution is 5.24. The van der Waals surface area contributed by atoms with Gasteiger partial charge in [0.2, 0.25) is 0 Å². The number of imidazole rings is 1. The summed E-state index contributed by atoms with van der Waals surface area (Å²) < 4.78 is 39.3.